The fourth-order valence-corrected chi connectivity index (χ4v) is 5.03. The fraction of sp³-hybridized carbons (Fsp3) is 0.185. The first-order valence-corrected chi connectivity index (χ1v) is 12.1. The van der Waals surface area contributed by atoms with Crippen LogP contribution in [0.15, 0.2) is 65.9 Å². The van der Waals surface area contributed by atoms with Crippen molar-refractivity contribution < 1.29 is 9.18 Å². The molecule has 1 aliphatic rings. The number of hydrogen-bond acceptors (Lipinski definition) is 4. The topological polar surface area (TPSA) is 72.2 Å². The highest BCUT2D eigenvalue weighted by atomic mass is 35.5. The van der Waals surface area contributed by atoms with Crippen molar-refractivity contribution in [3.8, 4) is 5.69 Å². The lowest BCUT2D eigenvalue weighted by atomic mass is 9.89. The third kappa shape index (κ3) is 4.90. The minimum atomic E-state index is -0.428. The van der Waals surface area contributed by atoms with Crippen molar-refractivity contribution in [2.75, 3.05) is 6.54 Å². The van der Waals surface area contributed by atoms with Gasteiger partial charge in [0.2, 0.25) is 0 Å². The molecular weight excluding hydrogens is 500 g/mol. The Morgan fingerprint density at radius 2 is 1.83 bits per heavy atom. The number of amides is 1. The van der Waals surface area contributed by atoms with Gasteiger partial charge in [-0.1, -0.05) is 47.5 Å². The summed E-state index contributed by atoms with van der Waals surface area (Å²) in [6, 6.07) is 15.6. The van der Waals surface area contributed by atoms with Gasteiger partial charge in [-0.25, -0.2) is 14.1 Å². The molecule has 0 saturated heterocycles. The highest BCUT2D eigenvalue weighted by molar-refractivity contribution is 6.40. The van der Waals surface area contributed by atoms with E-state index in [1.54, 1.807) is 31.5 Å². The number of carbonyl (C=O) groups is 1. The van der Waals surface area contributed by atoms with Crippen molar-refractivity contribution in [3.05, 3.63) is 105 Å². The average Bonchev–Trinajstić information content (AvgIpc) is 3.43. The van der Waals surface area contributed by atoms with Gasteiger partial charge in [0.15, 0.2) is 0 Å². The molecule has 3 aromatic carbocycles. The molecule has 6 nitrogen and oxygen atoms in total. The Hall–Kier alpha value is -3.55. The quantitative estimate of drug-likeness (QED) is 0.326. The molecule has 1 atom stereocenters. The van der Waals surface area contributed by atoms with Gasteiger partial charge in [-0.05, 0) is 60.9 Å². The molecule has 1 amide bonds. The average molecular weight is 522 g/mol. The maximum absolute atomic E-state index is 14.1. The Balaban J connectivity index is 1.42. The van der Waals surface area contributed by atoms with Crippen LogP contribution < -0.4 is 5.32 Å². The maximum Gasteiger partial charge on any atom is 0.254 e. The van der Waals surface area contributed by atoms with E-state index in [0.717, 1.165) is 34.5 Å². The van der Waals surface area contributed by atoms with Gasteiger partial charge >= 0.3 is 0 Å². The van der Waals surface area contributed by atoms with Gasteiger partial charge in [-0.3, -0.25) is 9.79 Å². The van der Waals surface area contributed by atoms with E-state index < -0.39 is 5.91 Å². The Kier molecular flexibility index (Phi) is 6.60. The highest BCUT2D eigenvalue weighted by Gasteiger charge is 2.22. The summed E-state index contributed by atoms with van der Waals surface area (Å²) in [6.07, 6.45) is 2.36. The summed E-state index contributed by atoms with van der Waals surface area (Å²) in [5.74, 6) is -0.479. The second kappa shape index (κ2) is 9.84. The van der Waals surface area contributed by atoms with Gasteiger partial charge in [0.1, 0.15) is 18.0 Å². The zero-order valence-corrected chi connectivity index (χ0v) is 21.1. The SMILES string of the molecule is CC1=Nc2cc([C@@H](CNC(=O)c3c(Cl)cc(-n4cnc(C)n4)cc3Cl)c3cccc(F)c3)ccc2C1. The Labute approximate surface area is 217 Å². The minimum absolute atomic E-state index is 0.158. The predicted molar refractivity (Wildman–Crippen MR) is 140 cm³/mol. The van der Waals surface area contributed by atoms with Gasteiger partial charge in [0.05, 0.1) is 27.0 Å². The van der Waals surface area contributed by atoms with E-state index in [9.17, 15) is 9.18 Å². The molecular formula is C27H22Cl2FN5O. The molecule has 0 spiro atoms. The van der Waals surface area contributed by atoms with Crippen LogP contribution in [0.4, 0.5) is 10.1 Å². The van der Waals surface area contributed by atoms with Crippen LogP contribution in [-0.2, 0) is 6.42 Å². The molecule has 1 N–H and O–H groups in total. The number of hydrogen-bond donors (Lipinski definition) is 1. The number of fused-ring (bicyclic) bond motifs is 1. The highest BCUT2D eigenvalue weighted by Crippen LogP contribution is 2.34. The van der Waals surface area contributed by atoms with Crippen LogP contribution in [0.3, 0.4) is 0 Å². The molecule has 2 heterocycles. The molecule has 9 heteroatoms. The summed E-state index contributed by atoms with van der Waals surface area (Å²) in [5, 5.41) is 7.56. The Morgan fingerprint density at radius 1 is 1.08 bits per heavy atom. The van der Waals surface area contributed by atoms with Gasteiger partial charge in [0, 0.05) is 24.6 Å². The zero-order valence-electron chi connectivity index (χ0n) is 19.6. The van der Waals surface area contributed by atoms with Crippen molar-refractivity contribution in [2.24, 2.45) is 4.99 Å². The molecule has 182 valence electrons. The molecule has 36 heavy (non-hydrogen) atoms. The maximum atomic E-state index is 14.1. The number of aliphatic imine (C=N–C) groups is 1. The number of aryl methyl sites for hydroxylation is 1. The van der Waals surface area contributed by atoms with Crippen LogP contribution in [0.2, 0.25) is 10.0 Å². The predicted octanol–water partition coefficient (Wildman–Crippen LogP) is 6.23. The first-order valence-electron chi connectivity index (χ1n) is 11.4. The minimum Gasteiger partial charge on any atom is -0.351 e. The van der Waals surface area contributed by atoms with E-state index in [1.165, 1.54) is 16.8 Å². The van der Waals surface area contributed by atoms with Gasteiger partial charge < -0.3 is 5.32 Å². The van der Waals surface area contributed by atoms with E-state index in [1.807, 2.05) is 31.2 Å². The summed E-state index contributed by atoms with van der Waals surface area (Å²) in [6.45, 7) is 3.97. The summed E-state index contributed by atoms with van der Waals surface area (Å²) >= 11 is 12.9. The lowest BCUT2D eigenvalue weighted by Crippen LogP contribution is -2.29. The van der Waals surface area contributed by atoms with Crippen LogP contribution in [0.25, 0.3) is 5.69 Å². The molecule has 0 radical (unpaired) electrons. The lowest BCUT2D eigenvalue weighted by Gasteiger charge is -2.20. The molecule has 0 saturated carbocycles. The van der Waals surface area contributed by atoms with E-state index in [4.69, 9.17) is 23.2 Å². The van der Waals surface area contributed by atoms with Crippen molar-refractivity contribution in [1.29, 1.82) is 0 Å². The second-order valence-electron chi connectivity index (χ2n) is 8.75. The number of rotatable bonds is 6. The summed E-state index contributed by atoms with van der Waals surface area (Å²) in [5.41, 5.74) is 5.52. The fourth-order valence-electron chi connectivity index (χ4n) is 4.39. The number of carbonyl (C=O) groups excluding carboxylic acids is 1. The Bertz CT molecular complexity index is 1490. The van der Waals surface area contributed by atoms with Crippen LogP contribution in [-0.4, -0.2) is 32.9 Å². The normalized spacial score (nSPS) is 13.3. The molecule has 4 aromatic rings. The molecule has 0 aliphatic carbocycles. The monoisotopic (exact) mass is 521 g/mol. The van der Waals surface area contributed by atoms with Crippen molar-refractivity contribution >= 4 is 40.5 Å². The molecule has 0 bridgehead atoms. The number of nitrogens with zero attached hydrogens (tertiary/aromatic N) is 4. The smallest absolute Gasteiger partial charge is 0.254 e. The van der Waals surface area contributed by atoms with E-state index in [-0.39, 0.29) is 33.9 Å². The van der Waals surface area contributed by atoms with Crippen molar-refractivity contribution in [3.63, 3.8) is 0 Å². The molecule has 0 fully saturated rings. The number of aromatic nitrogens is 3. The second-order valence-corrected chi connectivity index (χ2v) is 9.56. The Morgan fingerprint density at radius 3 is 2.53 bits per heavy atom. The van der Waals surface area contributed by atoms with Crippen molar-refractivity contribution in [1.82, 2.24) is 20.1 Å². The molecule has 1 aromatic heterocycles. The standard InChI is InChI=1S/C27H22Cl2FN5O/c1-15-8-19-7-6-18(10-25(19)33-15)22(17-4-3-5-20(30)9-17)13-31-27(36)26-23(28)11-21(12-24(26)29)35-14-32-16(2)34-35/h3-7,9-12,14,22H,8,13H2,1-2H3,(H,31,36)/t22-/m0/s1. The van der Waals surface area contributed by atoms with Crippen LogP contribution in [0.5, 0.6) is 0 Å². The number of nitrogens with one attached hydrogen (secondary N) is 1. The van der Waals surface area contributed by atoms with Gasteiger partial charge in [0.25, 0.3) is 5.91 Å². The van der Waals surface area contributed by atoms with Gasteiger partial charge in [-0.2, -0.15) is 5.10 Å². The van der Waals surface area contributed by atoms with Crippen LogP contribution in [0, 0.1) is 12.7 Å². The number of benzene rings is 3. The summed E-state index contributed by atoms with van der Waals surface area (Å²) < 4.78 is 15.6. The summed E-state index contributed by atoms with van der Waals surface area (Å²) in [4.78, 5) is 21.9. The lowest BCUT2D eigenvalue weighted by molar-refractivity contribution is 0.0952. The third-order valence-corrected chi connectivity index (χ3v) is 6.71. The van der Waals surface area contributed by atoms with Crippen LogP contribution in [0.1, 0.15) is 45.7 Å². The van der Waals surface area contributed by atoms with E-state index in [0.29, 0.717) is 11.5 Å². The molecule has 0 unspecified atom stereocenters. The van der Waals surface area contributed by atoms with E-state index in [2.05, 4.69) is 20.4 Å². The van der Waals surface area contributed by atoms with E-state index >= 15 is 0 Å². The largest absolute Gasteiger partial charge is 0.351 e. The van der Waals surface area contributed by atoms with Gasteiger partial charge in [-0.15, -0.1) is 0 Å². The molecule has 1 aliphatic heterocycles. The molecule has 5 rings (SSSR count). The van der Waals surface area contributed by atoms with Crippen molar-refractivity contribution in [2.45, 2.75) is 26.2 Å². The first-order chi connectivity index (χ1) is 17.3. The van der Waals surface area contributed by atoms with Crippen LogP contribution >= 0.6 is 23.2 Å². The third-order valence-electron chi connectivity index (χ3n) is 6.11. The zero-order chi connectivity index (χ0) is 25.4. The summed E-state index contributed by atoms with van der Waals surface area (Å²) in [7, 11) is 0. The first kappa shape index (κ1) is 24.2. The number of halogens is 3.